The summed E-state index contributed by atoms with van der Waals surface area (Å²) < 4.78 is 10.4. The summed E-state index contributed by atoms with van der Waals surface area (Å²) in [6.07, 6.45) is 1.61. The number of nitrogens with zero attached hydrogens (tertiary/aromatic N) is 2. The van der Waals surface area contributed by atoms with Gasteiger partial charge in [0, 0.05) is 44.4 Å². The van der Waals surface area contributed by atoms with E-state index in [1.807, 2.05) is 11.8 Å². The summed E-state index contributed by atoms with van der Waals surface area (Å²) in [5.41, 5.74) is 1.13. The first-order chi connectivity index (χ1) is 13.5. The van der Waals surface area contributed by atoms with Gasteiger partial charge in [0.2, 0.25) is 0 Å². The van der Waals surface area contributed by atoms with Crippen molar-refractivity contribution in [1.29, 1.82) is 0 Å². The fourth-order valence-corrected chi connectivity index (χ4v) is 3.55. The summed E-state index contributed by atoms with van der Waals surface area (Å²) >= 11 is 12.4. The van der Waals surface area contributed by atoms with E-state index in [1.165, 1.54) is 4.90 Å². The van der Waals surface area contributed by atoms with Gasteiger partial charge in [-0.2, -0.15) is 0 Å². The Morgan fingerprint density at radius 1 is 1.04 bits per heavy atom. The zero-order valence-corrected chi connectivity index (χ0v) is 18.0. The number of imide groups is 1. The lowest BCUT2D eigenvalue weighted by Crippen LogP contribution is -2.38. The minimum absolute atomic E-state index is 0.301. The predicted molar refractivity (Wildman–Crippen MR) is 110 cm³/mol. The van der Waals surface area contributed by atoms with Gasteiger partial charge in [0.1, 0.15) is 5.70 Å². The van der Waals surface area contributed by atoms with Gasteiger partial charge in [-0.05, 0) is 18.6 Å². The molecular weight excluding hydrogens is 403 g/mol. The van der Waals surface area contributed by atoms with E-state index < -0.39 is 0 Å². The molecule has 0 fully saturated rings. The lowest BCUT2D eigenvalue weighted by Gasteiger charge is -2.25. The van der Waals surface area contributed by atoms with E-state index in [4.69, 9.17) is 32.7 Å². The van der Waals surface area contributed by atoms with Gasteiger partial charge < -0.3 is 14.4 Å². The van der Waals surface area contributed by atoms with E-state index >= 15 is 0 Å². The molecule has 1 aliphatic rings. The number of halogens is 2. The molecule has 0 saturated heterocycles. The van der Waals surface area contributed by atoms with E-state index in [0.717, 1.165) is 12.8 Å². The van der Waals surface area contributed by atoms with Gasteiger partial charge in [0.05, 0.1) is 23.8 Å². The number of hydrogen-bond donors (Lipinski definition) is 0. The van der Waals surface area contributed by atoms with Gasteiger partial charge >= 0.3 is 0 Å². The molecule has 0 atom stereocenters. The van der Waals surface area contributed by atoms with Crippen LogP contribution in [-0.4, -0.2) is 68.7 Å². The first kappa shape index (κ1) is 22.7. The molecule has 28 heavy (non-hydrogen) atoms. The standard InChI is InChI=1S/C20H26Cl2N2O4/c1-4-5-8-24-19(25)17(15-7-6-14(21)13-16(15)22)18(20(24)26)23(9-11-27-2)10-12-28-3/h6-7,13H,4-5,8-12H2,1-3H3. The van der Waals surface area contributed by atoms with Crippen LogP contribution < -0.4 is 0 Å². The molecule has 1 heterocycles. The Bertz CT molecular complexity index is 744. The molecule has 8 heteroatoms. The number of rotatable bonds is 11. The second kappa shape index (κ2) is 10.8. The van der Waals surface area contributed by atoms with Crippen LogP contribution in [-0.2, 0) is 19.1 Å². The van der Waals surface area contributed by atoms with Crippen LogP contribution in [0.15, 0.2) is 23.9 Å². The van der Waals surface area contributed by atoms with Crippen molar-refractivity contribution in [2.24, 2.45) is 0 Å². The van der Waals surface area contributed by atoms with Crippen LogP contribution >= 0.6 is 23.2 Å². The maximum Gasteiger partial charge on any atom is 0.277 e. The molecule has 1 aromatic carbocycles. The second-order valence-electron chi connectivity index (χ2n) is 6.44. The molecule has 0 unspecified atom stereocenters. The van der Waals surface area contributed by atoms with E-state index in [1.54, 1.807) is 32.4 Å². The van der Waals surface area contributed by atoms with Crippen molar-refractivity contribution in [3.05, 3.63) is 39.5 Å². The molecule has 1 aromatic rings. The van der Waals surface area contributed by atoms with Gasteiger partial charge in [-0.3, -0.25) is 14.5 Å². The van der Waals surface area contributed by atoms with E-state index in [0.29, 0.717) is 59.7 Å². The molecule has 0 spiro atoms. The fraction of sp³-hybridized carbons (Fsp3) is 0.500. The predicted octanol–water partition coefficient (Wildman–Crippen LogP) is 3.47. The number of methoxy groups -OCH3 is 2. The summed E-state index contributed by atoms with van der Waals surface area (Å²) in [6.45, 7) is 4.10. The smallest absolute Gasteiger partial charge is 0.277 e. The van der Waals surface area contributed by atoms with Crippen molar-refractivity contribution >= 4 is 40.6 Å². The number of amides is 2. The number of unbranched alkanes of at least 4 members (excludes halogenated alkanes) is 1. The van der Waals surface area contributed by atoms with Crippen molar-refractivity contribution in [3.8, 4) is 0 Å². The van der Waals surface area contributed by atoms with Gasteiger partial charge in [-0.15, -0.1) is 0 Å². The fourth-order valence-electron chi connectivity index (χ4n) is 3.05. The van der Waals surface area contributed by atoms with Crippen molar-refractivity contribution < 1.29 is 19.1 Å². The van der Waals surface area contributed by atoms with Gasteiger partial charge in [-0.1, -0.05) is 42.6 Å². The van der Waals surface area contributed by atoms with Crippen molar-refractivity contribution in [1.82, 2.24) is 9.80 Å². The Morgan fingerprint density at radius 2 is 1.68 bits per heavy atom. The van der Waals surface area contributed by atoms with E-state index in [-0.39, 0.29) is 11.8 Å². The summed E-state index contributed by atoms with van der Waals surface area (Å²) in [5.74, 6) is -0.649. The number of carbonyl (C=O) groups is 2. The minimum Gasteiger partial charge on any atom is -0.383 e. The minimum atomic E-state index is -0.336. The number of ether oxygens (including phenoxy) is 2. The topological polar surface area (TPSA) is 59.1 Å². The number of hydrogen-bond acceptors (Lipinski definition) is 5. The molecule has 0 N–H and O–H groups in total. The maximum atomic E-state index is 13.2. The summed E-state index contributed by atoms with van der Waals surface area (Å²) in [4.78, 5) is 29.5. The third-order valence-corrected chi connectivity index (χ3v) is 5.07. The third-order valence-electron chi connectivity index (χ3n) is 4.53. The van der Waals surface area contributed by atoms with Crippen LogP contribution in [0, 0.1) is 0 Å². The Kier molecular flexibility index (Phi) is 8.76. The van der Waals surface area contributed by atoms with Crippen LogP contribution in [0.1, 0.15) is 25.3 Å². The van der Waals surface area contributed by atoms with Gasteiger partial charge in [-0.25, -0.2) is 0 Å². The summed E-state index contributed by atoms with van der Waals surface area (Å²) in [7, 11) is 3.18. The third kappa shape index (κ3) is 5.06. The van der Waals surface area contributed by atoms with Crippen LogP contribution in [0.3, 0.4) is 0 Å². The number of carbonyl (C=O) groups excluding carboxylic acids is 2. The Morgan fingerprint density at radius 3 is 2.21 bits per heavy atom. The highest BCUT2D eigenvalue weighted by Gasteiger charge is 2.41. The highest BCUT2D eigenvalue weighted by Crippen LogP contribution is 2.36. The molecule has 0 aromatic heterocycles. The lowest BCUT2D eigenvalue weighted by atomic mass is 10.0. The van der Waals surface area contributed by atoms with Crippen molar-refractivity contribution in [3.63, 3.8) is 0 Å². The molecule has 6 nitrogen and oxygen atoms in total. The SMILES string of the molecule is CCCCN1C(=O)C(c2ccc(Cl)cc2Cl)=C(N(CCOC)CCOC)C1=O. The normalized spacial score (nSPS) is 14.4. The molecule has 0 aliphatic carbocycles. The summed E-state index contributed by atoms with van der Waals surface area (Å²) in [5, 5.41) is 0.794. The molecule has 154 valence electrons. The molecule has 0 saturated carbocycles. The average molecular weight is 429 g/mol. The van der Waals surface area contributed by atoms with Crippen LogP contribution in [0.2, 0.25) is 10.0 Å². The van der Waals surface area contributed by atoms with Crippen LogP contribution in [0.4, 0.5) is 0 Å². The Hall–Kier alpha value is -1.60. The molecule has 1 aliphatic heterocycles. The molecule has 2 rings (SSSR count). The van der Waals surface area contributed by atoms with E-state index in [2.05, 4.69) is 0 Å². The zero-order valence-electron chi connectivity index (χ0n) is 16.5. The molecular formula is C20H26Cl2N2O4. The highest BCUT2D eigenvalue weighted by atomic mass is 35.5. The highest BCUT2D eigenvalue weighted by molar-refractivity contribution is 6.41. The van der Waals surface area contributed by atoms with Gasteiger partial charge in [0.15, 0.2) is 0 Å². The van der Waals surface area contributed by atoms with E-state index in [9.17, 15) is 9.59 Å². The van der Waals surface area contributed by atoms with Gasteiger partial charge in [0.25, 0.3) is 11.8 Å². The zero-order chi connectivity index (χ0) is 20.7. The molecule has 0 radical (unpaired) electrons. The molecule has 2 amide bonds. The van der Waals surface area contributed by atoms with Crippen LogP contribution in [0.25, 0.3) is 5.57 Å². The Balaban J connectivity index is 2.56. The number of benzene rings is 1. The summed E-state index contributed by atoms with van der Waals surface area (Å²) in [6, 6.07) is 4.91. The monoisotopic (exact) mass is 428 g/mol. The van der Waals surface area contributed by atoms with Crippen LogP contribution in [0.5, 0.6) is 0 Å². The molecule has 0 bridgehead atoms. The second-order valence-corrected chi connectivity index (χ2v) is 7.28. The lowest BCUT2D eigenvalue weighted by molar-refractivity contribution is -0.137. The largest absolute Gasteiger partial charge is 0.383 e. The first-order valence-electron chi connectivity index (χ1n) is 9.24. The van der Waals surface area contributed by atoms with Crippen molar-refractivity contribution in [2.45, 2.75) is 19.8 Å². The maximum absolute atomic E-state index is 13.2. The first-order valence-corrected chi connectivity index (χ1v) is 10.0. The quantitative estimate of drug-likeness (QED) is 0.505. The average Bonchev–Trinajstić information content (AvgIpc) is 2.91. The Labute approximate surface area is 176 Å². The van der Waals surface area contributed by atoms with Crippen molar-refractivity contribution in [2.75, 3.05) is 47.1 Å².